The second-order valence-corrected chi connectivity index (χ2v) is 4.41. The van der Waals surface area contributed by atoms with E-state index in [1.54, 1.807) is 6.07 Å². The lowest BCUT2D eigenvalue weighted by atomic mass is 10.1. The quantitative estimate of drug-likeness (QED) is 0.774. The molecule has 0 spiro atoms. The number of likely N-dealkylation sites (N-methyl/N-ethyl adjacent to an activating group) is 1. The monoisotopic (exact) mass is 280 g/mol. The zero-order chi connectivity index (χ0) is 14.7. The molecule has 7 heteroatoms. The summed E-state index contributed by atoms with van der Waals surface area (Å²) < 4.78 is 10.5. The number of nitrogens with two attached hydrogens (primary N) is 1. The fourth-order valence-electron chi connectivity index (χ4n) is 1.98. The molecule has 1 heterocycles. The van der Waals surface area contributed by atoms with Crippen molar-refractivity contribution in [2.75, 3.05) is 37.5 Å². The van der Waals surface area contributed by atoms with Gasteiger partial charge in [0.25, 0.3) is 5.91 Å². The van der Waals surface area contributed by atoms with E-state index in [1.165, 1.54) is 24.1 Å². The number of carbonyl (C=O) groups is 2. The summed E-state index contributed by atoms with van der Waals surface area (Å²) >= 11 is 0. The molecule has 1 aromatic rings. The molecule has 0 aromatic heterocycles. The Bertz CT molecular complexity index is 525. The Hall–Kier alpha value is -2.12. The number of anilines is 2. The van der Waals surface area contributed by atoms with Crippen molar-refractivity contribution in [2.24, 2.45) is 0 Å². The van der Waals surface area contributed by atoms with Crippen LogP contribution in [0.1, 0.15) is 10.4 Å². The van der Waals surface area contributed by atoms with E-state index in [2.05, 4.69) is 0 Å². The van der Waals surface area contributed by atoms with Crippen molar-refractivity contribution in [1.82, 2.24) is 0 Å². The zero-order valence-electron chi connectivity index (χ0n) is 11.0. The molecule has 0 aliphatic carbocycles. The van der Waals surface area contributed by atoms with Crippen LogP contribution in [-0.2, 0) is 14.3 Å². The Morgan fingerprint density at radius 1 is 1.40 bits per heavy atom. The molecular formula is C13H16N2O5. The Labute approximate surface area is 115 Å². The molecule has 20 heavy (non-hydrogen) atoms. The fourth-order valence-corrected chi connectivity index (χ4v) is 1.98. The molecule has 1 unspecified atom stereocenters. The lowest BCUT2D eigenvalue weighted by Gasteiger charge is -2.27. The Kier molecular flexibility index (Phi) is 4.21. The van der Waals surface area contributed by atoms with Crippen molar-refractivity contribution >= 4 is 23.3 Å². The van der Waals surface area contributed by atoms with Crippen molar-refractivity contribution < 1.29 is 24.2 Å². The summed E-state index contributed by atoms with van der Waals surface area (Å²) in [4.78, 5) is 24.7. The smallest absolute Gasteiger partial charge is 0.337 e. The third-order valence-electron chi connectivity index (χ3n) is 3.03. The van der Waals surface area contributed by atoms with Crippen LogP contribution in [0.15, 0.2) is 18.2 Å². The maximum Gasteiger partial charge on any atom is 0.337 e. The number of hydrogen-bond donors (Lipinski definition) is 2. The molecule has 7 nitrogen and oxygen atoms in total. The molecular weight excluding hydrogens is 264 g/mol. The van der Waals surface area contributed by atoms with Gasteiger partial charge in [-0.3, -0.25) is 4.79 Å². The van der Waals surface area contributed by atoms with Gasteiger partial charge >= 0.3 is 5.97 Å². The molecule has 2 rings (SSSR count). The zero-order valence-corrected chi connectivity index (χ0v) is 11.0. The van der Waals surface area contributed by atoms with Crippen molar-refractivity contribution in [3.8, 4) is 0 Å². The minimum absolute atomic E-state index is 0.0300. The normalized spacial score (nSPS) is 18.6. The van der Waals surface area contributed by atoms with Gasteiger partial charge in [-0.1, -0.05) is 0 Å². The Morgan fingerprint density at radius 3 is 2.75 bits per heavy atom. The lowest BCUT2D eigenvalue weighted by molar-refractivity contribution is -0.144. The highest BCUT2D eigenvalue weighted by atomic mass is 16.6. The van der Waals surface area contributed by atoms with Crippen LogP contribution in [0.25, 0.3) is 0 Å². The molecule has 1 aliphatic heterocycles. The number of aromatic carboxylic acids is 1. The number of nitrogen functional groups attached to an aromatic ring is 1. The van der Waals surface area contributed by atoms with Gasteiger partial charge in [-0.25, -0.2) is 4.79 Å². The number of carboxylic acid groups (broad SMARTS) is 1. The van der Waals surface area contributed by atoms with Gasteiger partial charge in [0.15, 0.2) is 6.10 Å². The molecule has 1 amide bonds. The summed E-state index contributed by atoms with van der Waals surface area (Å²) in [6.07, 6.45) is -0.715. The minimum Gasteiger partial charge on any atom is -0.478 e. The second-order valence-electron chi connectivity index (χ2n) is 4.41. The maximum absolute atomic E-state index is 12.3. The lowest BCUT2D eigenvalue weighted by Crippen LogP contribution is -2.44. The number of carbonyl (C=O) groups excluding carboxylic acids is 1. The molecule has 1 fully saturated rings. The molecule has 1 aliphatic rings. The van der Waals surface area contributed by atoms with E-state index in [9.17, 15) is 14.7 Å². The summed E-state index contributed by atoms with van der Waals surface area (Å²) in [5.41, 5.74) is 6.14. The molecule has 1 atom stereocenters. The van der Waals surface area contributed by atoms with Crippen molar-refractivity contribution in [1.29, 1.82) is 0 Å². The average molecular weight is 280 g/mol. The van der Waals surface area contributed by atoms with Crippen LogP contribution in [0.5, 0.6) is 0 Å². The van der Waals surface area contributed by atoms with E-state index in [0.717, 1.165) is 0 Å². The summed E-state index contributed by atoms with van der Waals surface area (Å²) in [5.74, 6) is -1.50. The maximum atomic E-state index is 12.3. The number of ether oxygens (including phenoxy) is 2. The van der Waals surface area contributed by atoms with Gasteiger partial charge in [0.1, 0.15) is 0 Å². The van der Waals surface area contributed by atoms with Gasteiger partial charge < -0.3 is 25.2 Å². The van der Waals surface area contributed by atoms with E-state index in [-0.39, 0.29) is 23.8 Å². The molecule has 1 saturated heterocycles. The second kappa shape index (κ2) is 5.89. The van der Waals surface area contributed by atoms with Crippen LogP contribution in [-0.4, -0.2) is 50.0 Å². The van der Waals surface area contributed by atoms with Gasteiger partial charge in [-0.15, -0.1) is 0 Å². The van der Waals surface area contributed by atoms with Crippen LogP contribution < -0.4 is 10.6 Å². The van der Waals surface area contributed by atoms with Gasteiger partial charge in [0.05, 0.1) is 31.1 Å². The molecule has 1 aromatic carbocycles. The number of benzene rings is 1. The van der Waals surface area contributed by atoms with E-state index in [1.807, 2.05) is 0 Å². The molecule has 108 valence electrons. The van der Waals surface area contributed by atoms with Gasteiger partial charge in [-0.2, -0.15) is 0 Å². The molecule has 3 N–H and O–H groups in total. The van der Waals surface area contributed by atoms with Crippen molar-refractivity contribution in [2.45, 2.75) is 6.10 Å². The van der Waals surface area contributed by atoms with Gasteiger partial charge in [-0.05, 0) is 18.2 Å². The van der Waals surface area contributed by atoms with E-state index in [0.29, 0.717) is 18.9 Å². The first-order valence-electron chi connectivity index (χ1n) is 6.10. The topological polar surface area (TPSA) is 102 Å². The summed E-state index contributed by atoms with van der Waals surface area (Å²) in [6.45, 7) is 0.966. The molecule has 0 radical (unpaired) electrons. The minimum atomic E-state index is -1.15. The number of rotatable bonds is 3. The fraction of sp³-hybridized carbons (Fsp3) is 0.385. The van der Waals surface area contributed by atoms with Gasteiger partial charge in [0.2, 0.25) is 0 Å². The van der Waals surface area contributed by atoms with Crippen molar-refractivity contribution in [3.05, 3.63) is 23.8 Å². The van der Waals surface area contributed by atoms with E-state index >= 15 is 0 Å². The predicted molar refractivity (Wildman–Crippen MR) is 71.8 cm³/mol. The first-order valence-corrected chi connectivity index (χ1v) is 6.10. The van der Waals surface area contributed by atoms with Gasteiger partial charge in [0, 0.05) is 12.7 Å². The number of carboxylic acids is 1. The highest BCUT2D eigenvalue weighted by Crippen LogP contribution is 2.23. The molecule has 0 bridgehead atoms. The SMILES string of the molecule is CN(C(=O)C1COCCO1)c1ccc(N)cc1C(=O)O. The van der Waals surface area contributed by atoms with Crippen LogP contribution in [0.4, 0.5) is 11.4 Å². The number of nitrogens with zero attached hydrogens (tertiary/aromatic N) is 1. The predicted octanol–water partition coefficient (Wildman–Crippen LogP) is 0.345. The first-order chi connectivity index (χ1) is 9.50. The van der Waals surface area contributed by atoms with E-state index in [4.69, 9.17) is 15.2 Å². The number of amides is 1. The largest absolute Gasteiger partial charge is 0.478 e. The highest BCUT2D eigenvalue weighted by Gasteiger charge is 2.28. The number of hydrogen-bond acceptors (Lipinski definition) is 5. The van der Waals surface area contributed by atoms with Crippen LogP contribution in [0.3, 0.4) is 0 Å². The Balaban J connectivity index is 2.25. The highest BCUT2D eigenvalue weighted by molar-refractivity contribution is 6.03. The van der Waals surface area contributed by atoms with Crippen LogP contribution in [0, 0.1) is 0 Å². The third kappa shape index (κ3) is 2.89. The van der Waals surface area contributed by atoms with E-state index < -0.39 is 12.1 Å². The first kappa shape index (κ1) is 14.3. The summed E-state index contributed by atoms with van der Waals surface area (Å²) in [6, 6.07) is 4.36. The Morgan fingerprint density at radius 2 is 2.15 bits per heavy atom. The standard InChI is InChI=1S/C13H16N2O5/c1-15(12(16)11-7-19-4-5-20-11)10-3-2-8(14)6-9(10)13(17)18/h2-3,6,11H,4-5,7,14H2,1H3,(H,17,18). The average Bonchev–Trinajstić information content (AvgIpc) is 2.46. The summed E-state index contributed by atoms with van der Waals surface area (Å²) in [7, 11) is 1.50. The van der Waals surface area contributed by atoms with Crippen molar-refractivity contribution in [3.63, 3.8) is 0 Å². The molecule has 0 saturated carbocycles. The van der Waals surface area contributed by atoms with Crippen LogP contribution >= 0.6 is 0 Å². The third-order valence-corrected chi connectivity index (χ3v) is 3.03. The summed E-state index contributed by atoms with van der Waals surface area (Å²) in [5, 5.41) is 9.18. The van der Waals surface area contributed by atoms with Crippen LogP contribution in [0.2, 0.25) is 0 Å².